The van der Waals surface area contributed by atoms with Gasteiger partial charge < -0.3 is 25.3 Å². The number of benzene rings is 1. The fraction of sp³-hybridized carbons (Fsp3) is 0.474. The highest BCUT2D eigenvalue weighted by Gasteiger charge is 2.44. The van der Waals surface area contributed by atoms with Crippen molar-refractivity contribution in [1.82, 2.24) is 5.32 Å². The largest absolute Gasteiger partial charge is 0.493 e. The lowest BCUT2D eigenvalue weighted by Crippen LogP contribution is -2.46. The Morgan fingerprint density at radius 3 is 2.82 bits per heavy atom. The molecule has 0 spiro atoms. The molecule has 0 bridgehead atoms. The normalized spacial score (nSPS) is 19.5. The van der Waals surface area contributed by atoms with Crippen LogP contribution in [0.3, 0.4) is 0 Å². The number of carbonyl (C=O) groups excluding carboxylic acids is 2. The van der Waals surface area contributed by atoms with Gasteiger partial charge in [-0.15, -0.1) is 0 Å². The number of furan rings is 1. The van der Waals surface area contributed by atoms with Crippen LogP contribution in [0.2, 0.25) is 0 Å². The Labute approximate surface area is 159 Å². The number of rotatable bonds is 7. The zero-order valence-corrected chi connectivity index (χ0v) is 15.3. The van der Waals surface area contributed by atoms with Crippen molar-refractivity contribution in [2.75, 3.05) is 13.2 Å². The van der Waals surface area contributed by atoms with Crippen molar-refractivity contribution < 1.29 is 32.6 Å². The molecular formula is C19H22F2N2O5. The molecule has 0 radical (unpaired) electrons. The molecule has 1 aliphatic rings. The molecule has 0 saturated heterocycles. The number of aliphatic hydroxyl groups excluding tert-OH is 1. The number of fused-ring (bicyclic) bond motifs is 1. The van der Waals surface area contributed by atoms with Crippen LogP contribution in [-0.4, -0.2) is 42.1 Å². The first-order valence-corrected chi connectivity index (χ1v) is 8.97. The Morgan fingerprint density at radius 1 is 1.46 bits per heavy atom. The maximum atomic E-state index is 13.8. The third-order valence-corrected chi connectivity index (χ3v) is 5.01. The van der Waals surface area contributed by atoms with Crippen LogP contribution >= 0.6 is 0 Å². The summed E-state index contributed by atoms with van der Waals surface area (Å²) in [6.07, 6.45) is 0.748. The van der Waals surface area contributed by atoms with Gasteiger partial charge in [-0.1, -0.05) is 0 Å². The fourth-order valence-corrected chi connectivity index (χ4v) is 3.41. The fourth-order valence-electron chi connectivity index (χ4n) is 3.41. The molecule has 2 amide bonds. The number of hydrogen-bond acceptors (Lipinski definition) is 5. The molecule has 28 heavy (non-hydrogen) atoms. The molecule has 4 N–H and O–H groups in total. The second-order valence-corrected chi connectivity index (χ2v) is 6.96. The minimum absolute atomic E-state index is 0.120. The summed E-state index contributed by atoms with van der Waals surface area (Å²) in [4.78, 5) is 23.8. The Balaban J connectivity index is 1.82. The van der Waals surface area contributed by atoms with Gasteiger partial charge >= 0.3 is 0 Å². The third-order valence-electron chi connectivity index (χ3n) is 5.01. The van der Waals surface area contributed by atoms with Crippen LogP contribution in [-0.2, 0) is 4.79 Å². The van der Waals surface area contributed by atoms with Crippen LogP contribution in [0, 0.1) is 12.8 Å². The molecule has 3 rings (SSSR count). The van der Waals surface area contributed by atoms with Gasteiger partial charge in [0.25, 0.3) is 11.8 Å². The Morgan fingerprint density at radius 2 is 2.21 bits per heavy atom. The zero-order valence-electron chi connectivity index (χ0n) is 15.3. The molecule has 2 aromatic rings. The van der Waals surface area contributed by atoms with Gasteiger partial charge in [0.2, 0.25) is 5.91 Å². The van der Waals surface area contributed by atoms with E-state index in [1.165, 1.54) is 6.07 Å². The Bertz CT molecular complexity index is 896. The van der Waals surface area contributed by atoms with Crippen molar-refractivity contribution in [3.63, 3.8) is 0 Å². The first-order chi connectivity index (χ1) is 13.2. The first kappa shape index (κ1) is 20.1. The number of aryl methyl sites for hydroxylation is 1. The molecule has 1 heterocycles. The molecule has 7 nitrogen and oxygen atoms in total. The lowest BCUT2D eigenvalue weighted by atomic mass is 10.1. The standard InChI is InChI=1S/C19H22F2N2O5/c1-10-16(18(26)23-14(8-24)17(22)25)13-7-12(4-5-15(13)28-10)27-9-11-3-2-6-19(11,20)21/h4-5,7,11,14,24H,2-3,6,8-9H2,1H3,(H2,22,25)(H,23,26). The average Bonchev–Trinajstić information content (AvgIpc) is 3.14. The van der Waals surface area contributed by atoms with Crippen LogP contribution < -0.4 is 15.8 Å². The van der Waals surface area contributed by atoms with Gasteiger partial charge in [-0.05, 0) is 38.0 Å². The molecule has 152 valence electrons. The third kappa shape index (κ3) is 3.94. The number of primary amides is 1. The van der Waals surface area contributed by atoms with Crippen molar-refractivity contribution in [3.05, 3.63) is 29.5 Å². The zero-order chi connectivity index (χ0) is 20.5. The summed E-state index contributed by atoms with van der Waals surface area (Å²) in [5, 5.41) is 11.9. The van der Waals surface area contributed by atoms with Gasteiger partial charge in [0.15, 0.2) is 0 Å². The number of hydrogen-bond donors (Lipinski definition) is 3. The van der Waals surface area contributed by atoms with Gasteiger partial charge in [-0.2, -0.15) is 0 Å². The van der Waals surface area contributed by atoms with Gasteiger partial charge in [0, 0.05) is 11.8 Å². The van der Waals surface area contributed by atoms with Crippen LogP contribution in [0.4, 0.5) is 8.78 Å². The molecule has 2 atom stereocenters. The van der Waals surface area contributed by atoms with E-state index in [-0.39, 0.29) is 18.6 Å². The highest BCUT2D eigenvalue weighted by molar-refractivity contribution is 6.08. The number of nitrogens with two attached hydrogens (primary N) is 1. The molecule has 1 fully saturated rings. The van der Waals surface area contributed by atoms with E-state index in [1.807, 2.05) is 0 Å². The smallest absolute Gasteiger partial charge is 0.256 e. The molecule has 1 aromatic heterocycles. The lowest BCUT2D eigenvalue weighted by molar-refractivity contribution is -0.120. The van der Waals surface area contributed by atoms with Crippen LogP contribution in [0.25, 0.3) is 11.0 Å². The van der Waals surface area contributed by atoms with Crippen molar-refractivity contribution in [2.24, 2.45) is 11.7 Å². The summed E-state index contributed by atoms with van der Waals surface area (Å²) < 4.78 is 38.6. The molecule has 0 aliphatic heterocycles. The lowest BCUT2D eigenvalue weighted by Gasteiger charge is -2.19. The van der Waals surface area contributed by atoms with Gasteiger partial charge in [-0.25, -0.2) is 8.78 Å². The maximum Gasteiger partial charge on any atom is 0.256 e. The molecule has 1 aromatic carbocycles. The predicted molar refractivity (Wildman–Crippen MR) is 96.3 cm³/mol. The number of ether oxygens (including phenoxy) is 1. The summed E-state index contributed by atoms with van der Waals surface area (Å²) in [5.41, 5.74) is 5.69. The van der Waals surface area contributed by atoms with Crippen molar-refractivity contribution in [1.29, 1.82) is 0 Å². The van der Waals surface area contributed by atoms with Gasteiger partial charge in [0.05, 0.1) is 24.7 Å². The van der Waals surface area contributed by atoms with E-state index in [0.29, 0.717) is 35.3 Å². The average molecular weight is 396 g/mol. The highest BCUT2D eigenvalue weighted by atomic mass is 19.3. The van der Waals surface area contributed by atoms with Crippen LogP contribution in [0.1, 0.15) is 35.4 Å². The maximum absolute atomic E-state index is 13.8. The van der Waals surface area contributed by atoms with Crippen molar-refractivity contribution in [3.8, 4) is 5.75 Å². The quantitative estimate of drug-likeness (QED) is 0.663. The van der Waals surface area contributed by atoms with E-state index in [2.05, 4.69) is 5.32 Å². The van der Waals surface area contributed by atoms with E-state index in [1.54, 1.807) is 19.1 Å². The number of nitrogens with one attached hydrogen (secondary N) is 1. The number of alkyl halides is 2. The van der Waals surface area contributed by atoms with Crippen molar-refractivity contribution in [2.45, 2.75) is 38.2 Å². The van der Waals surface area contributed by atoms with E-state index in [4.69, 9.17) is 20.0 Å². The second-order valence-electron chi connectivity index (χ2n) is 6.96. The molecule has 9 heteroatoms. The van der Waals surface area contributed by atoms with E-state index >= 15 is 0 Å². The minimum Gasteiger partial charge on any atom is -0.493 e. The molecule has 1 saturated carbocycles. The summed E-state index contributed by atoms with van der Waals surface area (Å²) in [5.74, 6) is -4.45. The molecular weight excluding hydrogens is 374 g/mol. The summed E-state index contributed by atoms with van der Waals surface area (Å²) in [6.45, 7) is 0.817. The van der Waals surface area contributed by atoms with Crippen LogP contribution in [0.15, 0.2) is 22.6 Å². The van der Waals surface area contributed by atoms with E-state index in [9.17, 15) is 18.4 Å². The topological polar surface area (TPSA) is 115 Å². The number of carbonyl (C=O) groups is 2. The minimum atomic E-state index is -2.73. The van der Waals surface area contributed by atoms with Crippen LogP contribution in [0.5, 0.6) is 5.75 Å². The van der Waals surface area contributed by atoms with E-state index < -0.39 is 36.3 Å². The summed E-state index contributed by atoms with van der Waals surface area (Å²) >= 11 is 0. The van der Waals surface area contributed by atoms with Crippen molar-refractivity contribution >= 4 is 22.8 Å². The monoisotopic (exact) mass is 396 g/mol. The Kier molecular flexibility index (Phi) is 5.55. The van der Waals surface area contributed by atoms with Gasteiger partial charge in [-0.3, -0.25) is 9.59 Å². The number of amides is 2. The number of halogens is 2. The predicted octanol–water partition coefficient (Wildman–Crippen LogP) is 2.13. The molecule has 2 unspecified atom stereocenters. The molecule has 1 aliphatic carbocycles. The SMILES string of the molecule is Cc1oc2ccc(OCC3CCCC3(F)F)cc2c1C(=O)NC(CO)C(N)=O. The highest BCUT2D eigenvalue weighted by Crippen LogP contribution is 2.40. The first-order valence-electron chi connectivity index (χ1n) is 8.97. The Hall–Kier alpha value is -2.68. The summed E-state index contributed by atoms with van der Waals surface area (Å²) in [6, 6.07) is 3.46. The number of aliphatic hydroxyl groups is 1. The summed E-state index contributed by atoms with van der Waals surface area (Å²) in [7, 11) is 0. The second kappa shape index (κ2) is 7.75. The van der Waals surface area contributed by atoms with Gasteiger partial charge in [0.1, 0.15) is 23.1 Å². The van der Waals surface area contributed by atoms with E-state index in [0.717, 1.165) is 0 Å².